The van der Waals surface area contributed by atoms with Crippen molar-refractivity contribution in [2.75, 3.05) is 14.2 Å². The third-order valence-corrected chi connectivity index (χ3v) is 4.47. The first kappa shape index (κ1) is 16.0. The van der Waals surface area contributed by atoms with E-state index in [1.807, 2.05) is 18.2 Å². The Morgan fingerprint density at radius 2 is 1.86 bits per heavy atom. The first-order valence-corrected chi connectivity index (χ1v) is 7.69. The Labute approximate surface area is 127 Å². The summed E-state index contributed by atoms with van der Waals surface area (Å²) in [6.07, 6.45) is 4.89. The minimum Gasteiger partial charge on any atom is -0.469 e. The molecular weight excluding hydrogens is 264 g/mol. The molecule has 0 heterocycles. The molecule has 116 valence electrons. The van der Waals surface area contributed by atoms with Crippen molar-refractivity contribution in [1.29, 1.82) is 0 Å². The lowest BCUT2D eigenvalue weighted by atomic mass is 9.90. The number of nitrogens with two attached hydrogens (primary N) is 1. The van der Waals surface area contributed by atoms with Crippen molar-refractivity contribution >= 4 is 5.97 Å². The van der Waals surface area contributed by atoms with Gasteiger partial charge in [-0.2, -0.15) is 0 Å². The predicted molar refractivity (Wildman–Crippen MR) is 83.9 cm³/mol. The van der Waals surface area contributed by atoms with Crippen molar-refractivity contribution in [3.05, 3.63) is 35.4 Å². The molecule has 0 aliphatic heterocycles. The molecule has 21 heavy (non-hydrogen) atoms. The lowest BCUT2D eigenvalue weighted by Crippen LogP contribution is -2.38. The summed E-state index contributed by atoms with van der Waals surface area (Å²) in [7, 11) is 3.60. The van der Waals surface area contributed by atoms with Gasteiger partial charge in [-0.05, 0) is 43.9 Å². The third kappa shape index (κ3) is 4.55. The number of rotatable bonds is 5. The number of carbonyl (C=O) groups excluding carboxylic acids is 1. The third-order valence-electron chi connectivity index (χ3n) is 4.47. The van der Waals surface area contributed by atoms with Crippen LogP contribution in [0.15, 0.2) is 24.3 Å². The molecule has 0 amide bonds. The van der Waals surface area contributed by atoms with Gasteiger partial charge >= 0.3 is 5.97 Å². The predicted octanol–water partition coefficient (Wildman–Crippen LogP) is 2.10. The first-order chi connectivity index (χ1) is 10.1. The Hall–Kier alpha value is -1.39. The van der Waals surface area contributed by atoms with Crippen LogP contribution in [-0.2, 0) is 22.5 Å². The van der Waals surface area contributed by atoms with Crippen molar-refractivity contribution in [1.82, 2.24) is 4.90 Å². The Morgan fingerprint density at radius 3 is 2.48 bits per heavy atom. The number of methoxy groups -OCH3 is 1. The molecule has 4 nitrogen and oxygen atoms in total. The molecule has 0 unspecified atom stereocenters. The van der Waals surface area contributed by atoms with E-state index >= 15 is 0 Å². The van der Waals surface area contributed by atoms with Crippen LogP contribution in [0.25, 0.3) is 0 Å². The van der Waals surface area contributed by atoms with Gasteiger partial charge in [-0.25, -0.2) is 0 Å². The van der Waals surface area contributed by atoms with Crippen LogP contribution in [0.4, 0.5) is 0 Å². The molecule has 2 rings (SSSR count). The monoisotopic (exact) mass is 290 g/mol. The molecule has 0 radical (unpaired) electrons. The Morgan fingerprint density at radius 1 is 1.24 bits per heavy atom. The van der Waals surface area contributed by atoms with Crippen LogP contribution >= 0.6 is 0 Å². The zero-order valence-corrected chi connectivity index (χ0v) is 13.0. The largest absolute Gasteiger partial charge is 0.469 e. The summed E-state index contributed by atoms with van der Waals surface area (Å²) < 4.78 is 4.78. The topological polar surface area (TPSA) is 55.6 Å². The highest BCUT2D eigenvalue weighted by atomic mass is 16.5. The molecule has 2 N–H and O–H groups in total. The van der Waals surface area contributed by atoms with Gasteiger partial charge in [0.2, 0.25) is 0 Å². The normalized spacial score (nSPS) is 22.3. The summed E-state index contributed by atoms with van der Waals surface area (Å²) in [5.41, 5.74) is 8.24. The van der Waals surface area contributed by atoms with Gasteiger partial charge in [0.1, 0.15) is 0 Å². The van der Waals surface area contributed by atoms with Crippen LogP contribution in [0.2, 0.25) is 0 Å². The van der Waals surface area contributed by atoms with Gasteiger partial charge in [0.25, 0.3) is 0 Å². The zero-order valence-electron chi connectivity index (χ0n) is 13.0. The van der Waals surface area contributed by atoms with E-state index in [0.717, 1.165) is 37.8 Å². The molecule has 0 bridgehead atoms. The fourth-order valence-corrected chi connectivity index (χ4v) is 3.05. The molecular formula is C17H26N2O2. The van der Waals surface area contributed by atoms with Crippen molar-refractivity contribution < 1.29 is 9.53 Å². The maximum Gasteiger partial charge on any atom is 0.309 e. The number of carbonyl (C=O) groups is 1. The summed E-state index contributed by atoms with van der Waals surface area (Å²) in [5.74, 6) is -0.186. The van der Waals surface area contributed by atoms with Crippen molar-refractivity contribution in [2.24, 2.45) is 5.73 Å². The van der Waals surface area contributed by atoms with E-state index in [4.69, 9.17) is 10.5 Å². The second-order valence-corrected chi connectivity index (χ2v) is 6.01. The SMILES string of the molecule is COC(=O)Cc1ccccc1CN(C)C1CCC(N)CC1. The highest BCUT2D eigenvalue weighted by Gasteiger charge is 2.22. The number of hydrogen-bond acceptors (Lipinski definition) is 4. The fourth-order valence-electron chi connectivity index (χ4n) is 3.05. The molecule has 1 saturated carbocycles. The molecule has 1 aromatic carbocycles. The molecule has 1 aliphatic rings. The molecule has 4 heteroatoms. The summed E-state index contributed by atoms with van der Waals surface area (Å²) in [6, 6.07) is 9.08. The minimum atomic E-state index is -0.186. The van der Waals surface area contributed by atoms with Crippen molar-refractivity contribution in [3.8, 4) is 0 Å². The van der Waals surface area contributed by atoms with Crippen LogP contribution in [-0.4, -0.2) is 37.1 Å². The Bertz CT molecular complexity index is 468. The molecule has 0 saturated heterocycles. The maximum absolute atomic E-state index is 11.5. The first-order valence-electron chi connectivity index (χ1n) is 7.69. The number of nitrogens with zero attached hydrogens (tertiary/aromatic N) is 1. The van der Waals surface area contributed by atoms with Gasteiger partial charge in [-0.1, -0.05) is 24.3 Å². The Balaban J connectivity index is 2.00. The second-order valence-electron chi connectivity index (χ2n) is 6.01. The number of ether oxygens (including phenoxy) is 1. The lowest BCUT2D eigenvalue weighted by Gasteiger charge is -2.33. The highest BCUT2D eigenvalue weighted by Crippen LogP contribution is 2.23. The summed E-state index contributed by atoms with van der Waals surface area (Å²) >= 11 is 0. The zero-order chi connectivity index (χ0) is 15.2. The summed E-state index contributed by atoms with van der Waals surface area (Å²) in [4.78, 5) is 13.9. The van der Waals surface area contributed by atoms with Crippen LogP contribution in [0.1, 0.15) is 36.8 Å². The van der Waals surface area contributed by atoms with E-state index in [9.17, 15) is 4.79 Å². The molecule has 0 atom stereocenters. The number of benzene rings is 1. The van der Waals surface area contributed by atoms with E-state index in [1.54, 1.807) is 0 Å². The average Bonchev–Trinajstić information content (AvgIpc) is 2.49. The smallest absolute Gasteiger partial charge is 0.309 e. The molecule has 0 aromatic heterocycles. The van der Waals surface area contributed by atoms with Gasteiger partial charge in [-0.15, -0.1) is 0 Å². The standard InChI is InChI=1S/C17H26N2O2/c1-19(16-9-7-15(18)8-10-16)12-14-6-4-3-5-13(14)11-17(20)21-2/h3-6,15-16H,7-12,18H2,1-2H3. The van der Waals surface area contributed by atoms with Crippen molar-refractivity contribution in [3.63, 3.8) is 0 Å². The number of esters is 1. The summed E-state index contributed by atoms with van der Waals surface area (Å²) in [6.45, 7) is 0.868. The molecule has 1 fully saturated rings. The quantitative estimate of drug-likeness (QED) is 0.844. The van der Waals surface area contributed by atoms with E-state index in [1.165, 1.54) is 12.7 Å². The van der Waals surface area contributed by atoms with Crippen LogP contribution < -0.4 is 5.73 Å². The highest BCUT2D eigenvalue weighted by molar-refractivity contribution is 5.72. The van der Waals surface area contributed by atoms with Gasteiger partial charge < -0.3 is 10.5 Å². The lowest BCUT2D eigenvalue weighted by molar-refractivity contribution is -0.139. The van der Waals surface area contributed by atoms with Crippen LogP contribution in [0.5, 0.6) is 0 Å². The summed E-state index contributed by atoms with van der Waals surface area (Å²) in [5, 5.41) is 0. The number of hydrogen-bond donors (Lipinski definition) is 1. The van der Waals surface area contributed by atoms with Crippen LogP contribution in [0, 0.1) is 0 Å². The maximum atomic E-state index is 11.5. The molecule has 1 aromatic rings. The molecule has 0 spiro atoms. The Kier molecular flexibility index (Phi) is 5.76. The van der Waals surface area contributed by atoms with E-state index in [0.29, 0.717) is 18.5 Å². The van der Waals surface area contributed by atoms with E-state index in [2.05, 4.69) is 18.0 Å². The van der Waals surface area contributed by atoms with Gasteiger partial charge in [0.05, 0.1) is 13.5 Å². The van der Waals surface area contributed by atoms with E-state index < -0.39 is 0 Å². The molecule has 1 aliphatic carbocycles. The van der Waals surface area contributed by atoms with Crippen molar-refractivity contribution in [2.45, 2.75) is 50.7 Å². The second kappa shape index (κ2) is 7.57. The van der Waals surface area contributed by atoms with Gasteiger partial charge in [0, 0.05) is 18.6 Å². The minimum absolute atomic E-state index is 0.186. The van der Waals surface area contributed by atoms with E-state index in [-0.39, 0.29) is 5.97 Å². The van der Waals surface area contributed by atoms with Crippen LogP contribution in [0.3, 0.4) is 0 Å². The van der Waals surface area contributed by atoms with Gasteiger partial charge in [-0.3, -0.25) is 9.69 Å². The fraction of sp³-hybridized carbons (Fsp3) is 0.588. The average molecular weight is 290 g/mol. The van der Waals surface area contributed by atoms with Gasteiger partial charge in [0.15, 0.2) is 0 Å².